The van der Waals surface area contributed by atoms with E-state index in [1.165, 1.54) is 6.92 Å². The molecule has 1 atom stereocenters. The predicted octanol–water partition coefficient (Wildman–Crippen LogP) is 1.62. The van der Waals surface area contributed by atoms with Gasteiger partial charge in [-0.1, -0.05) is 0 Å². The number of aliphatic hydroxyl groups is 1. The van der Waals surface area contributed by atoms with E-state index < -0.39 is 30.7 Å². The van der Waals surface area contributed by atoms with Gasteiger partial charge in [0.25, 0.3) is 5.91 Å². The summed E-state index contributed by atoms with van der Waals surface area (Å²) in [6.45, 7) is 0.577. The molecule has 126 valence electrons. The largest absolute Gasteiger partial charge is 0.478 e. The van der Waals surface area contributed by atoms with E-state index in [1.54, 1.807) is 0 Å². The number of carbonyl (C=O) groups is 2. The van der Waals surface area contributed by atoms with E-state index in [0.717, 1.165) is 17.2 Å². The maximum Gasteiger partial charge on any atom is 0.416 e. The van der Waals surface area contributed by atoms with Crippen molar-refractivity contribution in [3.05, 3.63) is 29.1 Å². The normalized spacial score (nSPS) is 16.0. The van der Waals surface area contributed by atoms with E-state index in [4.69, 9.17) is 5.11 Å². The maximum atomic E-state index is 12.5. The van der Waals surface area contributed by atoms with Crippen LogP contribution in [0.5, 0.6) is 0 Å². The first-order chi connectivity index (χ1) is 10.6. The zero-order valence-electron chi connectivity index (χ0n) is 12.2. The van der Waals surface area contributed by atoms with Crippen molar-refractivity contribution in [1.82, 2.24) is 9.88 Å². The number of halogens is 3. The summed E-state index contributed by atoms with van der Waals surface area (Å²) in [5, 5.41) is 18.2. The lowest BCUT2D eigenvalue weighted by Gasteiger charge is -2.26. The van der Waals surface area contributed by atoms with Crippen molar-refractivity contribution >= 4 is 11.9 Å². The predicted molar refractivity (Wildman–Crippen MR) is 72.1 cm³/mol. The molecule has 1 aliphatic carbocycles. The Bertz CT molecular complexity index is 629. The van der Waals surface area contributed by atoms with Gasteiger partial charge in [-0.25, -0.2) is 4.79 Å². The zero-order valence-corrected chi connectivity index (χ0v) is 12.2. The lowest BCUT2D eigenvalue weighted by atomic mass is 10.1. The van der Waals surface area contributed by atoms with Gasteiger partial charge in [-0.05, 0) is 25.8 Å². The van der Waals surface area contributed by atoms with Crippen LogP contribution in [0.25, 0.3) is 0 Å². The molecule has 0 aromatic carbocycles. The summed E-state index contributed by atoms with van der Waals surface area (Å²) in [6.07, 6.45) is -5.32. The molecular weight excluding hydrogens is 317 g/mol. The van der Waals surface area contributed by atoms with Crippen molar-refractivity contribution in [2.75, 3.05) is 6.54 Å². The Morgan fingerprint density at radius 3 is 2.52 bits per heavy atom. The molecule has 1 aromatic heterocycles. The van der Waals surface area contributed by atoms with E-state index in [0.29, 0.717) is 12.8 Å². The quantitative estimate of drug-likeness (QED) is 0.855. The van der Waals surface area contributed by atoms with Gasteiger partial charge in [0.15, 0.2) is 6.10 Å². The first-order valence-electron chi connectivity index (χ1n) is 6.87. The van der Waals surface area contributed by atoms with Gasteiger partial charge < -0.3 is 15.1 Å². The highest BCUT2D eigenvalue weighted by Gasteiger charge is 2.43. The van der Waals surface area contributed by atoms with Crippen molar-refractivity contribution in [1.29, 1.82) is 0 Å². The fourth-order valence-electron chi connectivity index (χ4n) is 2.10. The highest BCUT2D eigenvalue weighted by molar-refractivity contribution is 5.98. The van der Waals surface area contributed by atoms with E-state index in [1.807, 2.05) is 0 Å². The molecule has 23 heavy (non-hydrogen) atoms. The smallest absolute Gasteiger partial charge is 0.416 e. The summed E-state index contributed by atoms with van der Waals surface area (Å²) < 4.78 is 37.6. The van der Waals surface area contributed by atoms with Crippen LogP contribution < -0.4 is 0 Å². The van der Waals surface area contributed by atoms with Gasteiger partial charge in [-0.15, -0.1) is 0 Å². The van der Waals surface area contributed by atoms with Crippen molar-refractivity contribution in [2.24, 2.45) is 0 Å². The molecule has 0 bridgehead atoms. The minimum absolute atomic E-state index is 0.0776. The summed E-state index contributed by atoms with van der Waals surface area (Å²) in [5.74, 6) is -2.05. The van der Waals surface area contributed by atoms with Crippen molar-refractivity contribution in [2.45, 2.75) is 38.1 Å². The SMILES string of the molecule is Cc1ncc(C(=O)O)cc1C(=O)N(CC(O)C(F)(F)F)C1CC1. The fraction of sp³-hybridized carbons (Fsp3) is 0.500. The second-order valence-corrected chi connectivity index (χ2v) is 5.41. The average Bonchev–Trinajstić information content (AvgIpc) is 3.27. The number of pyridine rings is 1. The van der Waals surface area contributed by atoms with E-state index in [-0.39, 0.29) is 22.9 Å². The molecule has 2 rings (SSSR count). The number of aromatic nitrogens is 1. The first kappa shape index (κ1) is 17.2. The topological polar surface area (TPSA) is 90.7 Å². The van der Waals surface area contributed by atoms with Crippen LogP contribution in [-0.4, -0.2) is 56.8 Å². The number of aryl methyl sites for hydroxylation is 1. The van der Waals surface area contributed by atoms with Gasteiger partial charge in [0, 0.05) is 12.2 Å². The Hall–Kier alpha value is -2.16. The Morgan fingerprint density at radius 1 is 1.43 bits per heavy atom. The molecule has 2 N–H and O–H groups in total. The van der Waals surface area contributed by atoms with Crippen LogP contribution in [0.15, 0.2) is 12.3 Å². The molecule has 0 saturated heterocycles. The summed E-state index contributed by atoms with van der Waals surface area (Å²) in [7, 11) is 0. The highest BCUT2D eigenvalue weighted by Crippen LogP contribution is 2.31. The summed E-state index contributed by atoms with van der Waals surface area (Å²) in [4.78, 5) is 28.2. The number of alkyl halides is 3. The molecule has 1 fully saturated rings. The third-order valence-corrected chi connectivity index (χ3v) is 3.56. The average molecular weight is 332 g/mol. The second kappa shape index (κ2) is 6.15. The number of nitrogens with zero attached hydrogens (tertiary/aromatic N) is 2. The third kappa shape index (κ3) is 3.98. The lowest BCUT2D eigenvalue weighted by molar-refractivity contribution is -0.206. The van der Waals surface area contributed by atoms with Crippen LogP contribution in [0.1, 0.15) is 39.3 Å². The van der Waals surface area contributed by atoms with Crippen LogP contribution in [-0.2, 0) is 0 Å². The highest BCUT2D eigenvalue weighted by atomic mass is 19.4. The number of hydrogen-bond acceptors (Lipinski definition) is 4. The molecule has 1 heterocycles. The Labute approximate surface area is 129 Å². The van der Waals surface area contributed by atoms with Crippen molar-refractivity contribution < 1.29 is 33.0 Å². The molecule has 9 heteroatoms. The maximum absolute atomic E-state index is 12.5. The van der Waals surface area contributed by atoms with E-state index >= 15 is 0 Å². The molecule has 0 radical (unpaired) electrons. The number of aromatic carboxylic acids is 1. The van der Waals surface area contributed by atoms with Gasteiger partial charge in [0.05, 0.1) is 23.4 Å². The number of carboxylic acids is 1. The second-order valence-electron chi connectivity index (χ2n) is 5.41. The lowest BCUT2D eigenvalue weighted by Crippen LogP contribution is -2.45. The van der Waals surface area contributed by atoms with Gasteiger partial charge in [-0.3, -0.25) is 9.78 Å². The monoisotopic (exact) mass is 332 g/mol. The zero-order chi connectivity index (χ0) is 17.4. The number of carbonyl (C=O) groups excluding carboxylic acids is 1. The Balaban J connectivity index is 2.28. The molecule has 0 aliphatic heterocycles. The molecule has 1 unspecified atom stereocenters. The van der Waals surface area contributed by atoms with Crippen molar-refractivity contribution in [3.63, 3.8) is 0 Å². The fourth-order valence-corrected chi connectivity index (χ4v) is 2.10. The number of hydrogen-bond donors (Lipinski definition) is 2. The molecule has 0 spiro atoms. The molecular formula is C14H15F3N2O4. The molecule has 1 saturated carbocycles. The minimum Gasteiger partial charge on any atom is -0.478 e. The number of carboxylic acid groups (broad SMARTS) is 1. The van der Waals surface area contributed by atoms with Crippen LogP contribution in [0.2, 0.25) is 0 Å². The van der Waals surface area contributed by atoms with Gasteiger partial charge in [0.2, 0.25) is 0 Å². The van der Waals surface area contributed by atoms with E-state index in [2.05, 4.69) is 4.98 Å². The van der Waals surface area contributed by atoms with Crippen molar-refractivity contribution in [3.8, 4) is 0 Å². The summed E-state index contributed by atoms with van der Waals surface area (Å²) >= 11 is 0. The summed E-state index contributed by atoms with van der Waals surface area (Å²) in [6, 6.07) is 0.704. The van der Waals surface area contributed by atoms with Crippen LogP contribution >= 0.6 is 0 Å². The van der Waals surface area contributed by atoms with Crippen LogP contribution in [0.4, 0.5) is 13.2 Å². The number of amides is 1. The van der Waals surface area contributed by atoms with Gasteiger partial charge >= 0.3 is 12.1 Å². The van der Waals surface area contributed by atoms with Crippen LogP contribution in [0, 0.1) is 6.92 Å². The number of aliphatic hydroxyl groups excluding tert-OH is 1. The molecule has 1 amide bonds. The van der Waals surface area contributed by atoms with E-state index in [9.17, 15) is 27.9 Å². The minimum atomic E-state index is -4.83. The molecule has 1 aliphatic rings. The molecule has 1 aromatic rings. The van der Waals surface area contributed by atoms with Crippen LogP contribution in [0.3, 0.4) is 0 Å². The first-order valence-corrected chi connectivity index (χ1v) is 6.87. The standard InChI is InChI=1S/C14H15F3N2O4/c1-7-10(4-8(5-18-7)13(22)23)12(21)19(9-2-3-9)6-11(20)14(15,16)17/h4-5,9,11,20H,2-3,6H2,1H3,(H,22,23). The number of rotatable bonds is 5. The summed E-state index contributed by atoms with van der Waals surface area (Å²) in [5.41, 5.74) is -0.0932. The third-order valence-electron chi connectivity index (χ3n) is 3.56. The molecule has 6 nitrogen and oxygen atoms in total. The Kier molecular flexibility index (Phi) is 4.60. The van der Waals surface area contributed by atoms with Gasteiger partial charge in [-0.2, -0.15) is 13.2 Å². The van der Waals surface area contributed by atoms with Gasteiger partial charge in [0.1, 0.15) is 0 Å². The Morgan fingerprint density at radius 2 is 2.04 bits per heavy atom.